The van der Waals surface area contributed by atoms with Crippen LogP contribution < -0.4 is 15.4 Å². The maximum atomic E-state index is 13.1. The van der Waals surface area contributed by atoms with Crippen LogP contribution in [0.15, 0.2) is 47.6 Å². The molecule has 0 bridgehead atoms. The van der Waals surface area contributed by atoms with Crippen molar-refractivity contribution in [2.75, 3.05) is 19.7 Å². The second kappa shape index (κ2) is 9.44. The zero-order valence-electron chi connectivity index (χ0n) is 13.4. The van der Waals surface area contributed by atoms with Gasteiger partial charge in [0.1, 0.15) is 12.4 Å². The molecule has 128 valence electrons. The van der Waals surface area contributed by atoms with Gasteiger partial charge in [-0.3, -0.25) is 4.98 Å². The lowest BCUT2D eigenvalue weighted by molar-refractivity contribution is 0.318. The summed E-state index contributed by atoms with van der Waals surface area (Å²) in [6.07, 6.45) is 1.72. The summed E-state index contributed by atoms with van der Waals surface area (Å²) in [4.78, 5) is 8.63. The molecule has 0 aliphatic rings. The Bertz CT molecular complexity index is 665. The Hall–Kier alpha value is -2.70. The lowest BCUT2D eigenvalue weighted by Crippen LogP contribution is -2.39. The average molecular weight is 334 g/mol. The third-order valence-electron chi connectivity index (χ3n) is 3.02. The van der Waals surface area contributed by atoms with Crippen LogP contribution in [0.2, 0.25) is 0 Å². The second-order valence-corrected chi connectivity index (χ2v) is 4.87. The number of ether oxygens (including phenoxy) is 1. The van der Waals surface area contributed by atoms with E-state index in [4.69, 9.17) is 4.74 Å². The predicted octanol–water partition coefficient (Wildman–Crippen LogP) is 2.49. The molecule has 0 aliphatic heterocycles. The fraction of sp³-hybridized carbons (Fsp3) is 0.294. The molecular weight excluding hydrogens is 314 g/mol. The van der Waals surface area contributed by atoms with Crippen molar-refractivity contribution in [1.82, 2.24) is 15.6 Å². The molecule has 0 atom stereocenters. The molecule has 1 heterocycles. The number of aromatic nitrogens is 1. The largest absolute Gasteiger partial charge is 0.492 e. The van der Waals surface area contributed by atoms with Gasteiger partial charge in [0.2, 0.25) is 0 Å². The lowest BCUT2D eigenvalue weighted by atomic mass is 10.3. The molecule has 24 heavy (non-hydrogen) atoms. The number of nitrogens with one attached hydrogen (secondary N) is 2. The molecule has 2 aromatic rings. The van der Waals surface area contributed by atoms with Gasteiger partial charge in [-0.2, -0.15) is 0 Å². The van der Waals surface area contributed by atoms with Crippen molar-refractivity contribution in [2.24, 2.45) is 4.99 Å². The molecule has 0 saturated carbocycles. The number of guanidine groups is 1. The summed E-state index contributed by atoms with van der Waals surface area (Å²) < 4.78 is 31.3. The van der Waals surface area contributed by atoms with E-state index < -0.39 is 11.6 Å². The number of halogens is 2. The Morgan fingerprint density at radius 2 is 2.04 bits per heavy atom. The van der Waals surface area contributed by atoms with Gasteiger partial charge in [0, 0.05) is 18.8 Å². The molecule has 1 aromatic heterocycles. The molecule has 2 N–H and O–H groups in total. The molecular formula is C17H20F2N4O. The van der Waals surface area contributed by atoms with E-state index in [1.54, 1.807) is 6.20 Å². The summed E-state index contributed by atoms with van der Waals surface area (Å²) in [5.74, 6) is -0.898. The van der Waals surface area contributed by atoms with E-state index >= 15 is 0 Å². The monoisotopic (exact) mass is 334 g/mol. The van der Waals surface area contributed by atoms with Crippen LogP contribution >= 0.6 is 0 Å². The van der Waals surface area contributed by atoms with Crippen LogP contribution in [-0.4, -0.2) is 30.6 Å². The zero-order valence-corrected chi connectivity index (χ0v) is 13.4. The molecule has 0 aliphatic carbocycles. The van der Waals surface area contributed by atoms with Crippen molar-refractivity contribution in [3.8, 4) is 5.75 Å². The molecule has 0 spiro atoms. The number of pyridine rings is 1. The van der Waals surface area contributed by atoms with E-state index in [1.165, 1.54) is 6.07 Å². The first-order valence-corrected chi connectivity index (χ1v) is 7.69. The van der Waals surface area contributed by atoms with Crippen LogP contribution in [0.4, 0.5) is 8.78 Å². The number of rotatable bonds is 7. The van der Waals surface area contributed by atoms with Crippen LogP contribution in [0.5, 0.6) is 5.75 Å². The van der Waals surface area contributed by atoms with Crippen molar-refractivity contribution in [3.63, 3.8) is 0 Å². The van der Waals surface area contributed by atoms with E-state index in [-0.39, 0.29) is 5.75 Å². The smallest absolute Gasteiger partial charge is 0.191 e. The number of benzene rings is 1. The SMILES string of the molecule is CCNC(=NCc1ccccn1)NCCOc1ccc(F)c(F)c1. The van der Waals surface area contributed by atoms with Gasteiger partial charge in [-0.15, -0.1) is 0 Å². The summed E-state index contributed by atoms with van der Waals surface area (Å²) in [6, 6.07) is 9.12. The molecule has 0 unspecified atom stereocenters. The van der Waals surface area contributed by atoms with Gasteiger partial charge in [0.25, 0.3) is 0 Å². The Kier molecular flexibility index (Phi) is 6.94. The van der Waals surface area contributed by atoms with Crippen molar-refractivity contribution < 1.29 is 13.5 Å². The summed E-state index contributed by atoms with van der Waals surface area (Å²) >= 11 is 0. The maximum absolute atomic E-state index is 13.1. The molecule has 2 rings (SSSR count). The highest BCUT2D eigenvalue weighted by Gasteiger charge is 2.03. The fourth-order valence-corrected chi connectivity index (χ4v) is 1.90. The van der Waals surface area contributed by atoms with Gasteiger partial charge in [-0.25, -0.2) is 13.8 Å². The van der Waals surface area contributed by atoms with Crippen molar-refractivity contribution in [2.45, 2.75) is 13.5 Å². The quantitative estimate of drug-likeness (QED) is 0.464. The Morgan fingerprint density at radius 3 is 2.75 bits per heavy atom. The van der Waals surface area contributed by atoms with E-state index in [2.05, 4.69) is 20.6 Å². The molecule has 1 aromatic carbocycles. The third-order valence-corrected chi connectivity index (χ3v) is 3.02. The number of hydrogen-bond acceptors (Lipinski definition) is 3. The highest BCUT2D eigenvalue weighted by molar-refractivity contribution is 5.79. The van der Waals surface area contributed by atoms with Crippen LogP contribution in [-0.2, 0) is 6.54 Å². The van der Waals surface area contributed by atoms with Crippen LogP contribution in [0.3, 0.4) is 0 Å². The minimum Gasteiger partial charge on any atom is -0.492 e. The van der Waals surface area contributed by atoms with Gasteiger partial charge in [0.05, 0.1) is 18.8 Å². The standard InChI is InChI=1S/C17H20F2N4O/c1-2-20-17(23-12-13-5-3-4-8-21-13)22-9-10-24-14-6-7-15(18)16(19)11-14/h3-8,11H,2,9-10,12H2,1H3,(H2,20,22,23). The predicted molar refractivity (Wildman–Crippen MR) is 88.9 cm³/mol. The molecule has 0 radical (unpaired) electrons. The van der Waals surface area contributed by atoms with Crippen molar-refractivity contribution >= 4 is 5.96 Å². The van der Waals surface area contributed by atoms with Gasteiger partial charge in [-0.05, 0) is 31.2 Å². The van der Waals surface area contributed by atoms with E-state index in [1.807, 2.05) is 25.1 Å². The van der Waals surface area contributed by atoms with E-state index in [0.29, 0.717) is 25.7 Å². The Labute approximate surface area is 139 Å². The summed E-state index contributed by atoms with van der Waals surface area (Å²) in [5, 5.41) is 6.22. The molecule has 5 nitrogen and oxygen atoms in total. The summed E-state index contributed by atoms with van der Waals surface area (Å²) in [5.41, 5.74) is 0.868. The first-order valence-electron chi connectivity index (χ1n) is 7.69. The third kappa shape index (κ3) is 5.83. The van der Waals surface area contributed by atoms with E-state index in [0.717, 1.165) is 24.4 Å². The highest BCUT2D eigenvalue weighted by Crippen LogP contribution is 2.14. The second-order valence-electron chi connectivity index (χ2n) is 4.87. The molecule has 7 heteroatoms. The fourth-order valence-electron chi connectivity index (χ4n) is 1.90. The topological polar surface area (TPSA) is 58.5 Å². The normalized spacial score (nSPS) is 11.2. The van der Waals surface area contributed by atoms with Crippen LogP contribution in [0.25, 0.3) is 0 Å². The summed E-state index contributed by atoms with van der Waals surface area (Å²) in [6.45, 7) is 3.90. The average Bonchev–Trinajstić information content (AvgIpc) is 2.60. The number of aliphatic imine (C=N–C) groups is 1. The molecule has 0 saturated heterocycles. The first kappa shape index (κ1) is 17.7. The van der Waals surface area contributed by atoms with Gasteiger partial charge >= 0.3 is 0 Å². The lowest BCUT2D eigenvalue weighted by Gasteiger charge is -2.12. The van der Waals surface area contributed by atoms with Gasteiger partial charge in [-0.1, -0.05) is 6.07 Å². The number of nitrogens with zero attached hydrogens (tertiary/aromatic N) is 2. The minimum absolute atomic E-state index is 0.283. The maximum Gasteiger partial charge on any atom is 0.191 e. The van der Waals surface area contributed by atoms with Gasteiger partial charge in [0.15, 0.2) is 17.6 Å². The Balaban J connectivity index is 1.79. The van der Waals surface area contributed by atoms with Gasteiger partial charge < -0.3 is 15.4 Å². The first-order chi connectivity index (χ1) is 11.7. The molecule has 0 fully saturated rings. The zero-order chi connectivity index (χ0) is 17.2. The molecule has 0 amide bonds. The van der Waals surface area contributed by atoms with Crippen molar-refractivity contribution in [3.05, 3.63) is 59.9 Å². The van der Waals surface area contributed by atoms with Crippen molar-refractivity contribution in [1.29, 1.82) is 0 Å². The summed E-state index contributed by atoms with van der Waals surface area (Å²) in [7, 11) is 0. The Morgan fingerprint density at radius 1 is 1.17 bits per heavy atom. The minimum atomic E-state index is -0.925. The van der Waals surface area contributed by atoms with E-state index in [9.17, 15) is 8.78 Å². The van der Waals surface area contributed by atoms with Crippen LogP contribution in [0, 0.1) is 11.6 Å². The highest BCUT2D eigenvalue weighted by atomic mass is 19.2. The van der Waals surface area contributed by atoms with Crippen LogP contribution in [0.1, 0.15) is 12.6 Å². The number of hydrogen-bond donors (Lipinski definition) is 2.